The third-order valence-corrected chi connectivity index (χ3v) is 15.6. The molecule has 0 unspecified atom stereocenters. The molecule has 1 aliphatic rings. The Bertz CT molecular complexity index is 3460. The Balaban J connectivity index is 1.06. The molecule has 1 saturated carbocycles. The van der Waals surface area contributed by atoms with E-state index in [4.69, 9.17) is 4.42 Å². The van der Waals surface area contributed by atoms with Gasteiger partial charge in [-0.15, -0.1) is 0 Å². The number of phenolic OH excluding ortho intramolecular Hbond substituents is 1. The Morgan fingerprint density at radius 1 is 0.541 bits per heavy atom. The van der Waals surface area contributed by atoms with Crippen LogP contribution in [0.25, 0.3) is 51.3 Å². The molecule has 0 aliphatic heterocycles. The summed E-state index contributed by atoms with van der Waals surface area (Å²) in [5.74, 6) is 0.933. The van der Waals surface area contributed by atoms with E-state index in [0.29, 0.717) is 11.7 Å². The van der Waals surface area contributed by atoms with E-state index in [2.05, 4.69) is 208 Å². The molecule has 10 rings (SSSR count). The number of aromatic hydroxyl groups is 1. The van der Waals surface area contributed by atoms with E-state index in [1.54, 1.807) is 0 Å². The van der Waals surface area contributed by atoms with Gasteiger partial charge in [-0.2, -0.15) is 0 Å². The first-order valence-corrected chi connectivity index (χ1v) is 27.3. The Hall–Kier alpha value is -7.56. The van der Waals surface area contributed by atoms with E-state index in [0.717, 1.165) is 95.9 Å². The minimum atomic E-state index is 0.318. The van der Waals surface area contributed by atoms with Crippen LogP contribution in [0.15, 0.2) is 168 Å². The Morgan fingerprint density at radius 2 is 1.20 bits per heavy atom. The first kappa shape index (κ1) is 50.0. The lowest BCUT2D eigenvalue weighted by molar-refractivity contribution is 0.443. The highest BCUT2D eigenvalue weighted by Gasteiger charge is 2.24. The lowest BCUT2D eigenvalue weighted by Crippen LogP contribution is -2.13. The highest BCUT2D eigenvalue weighted by atomic mass is 16.3. The maximum Gasteiger partial charge on any atom is 0.159 e. The van der Waals surface area contributed by atoms with Gasteiger partial charge in [-0.05, 0) is 177 Å². The first-order valence-electron chi connectivity index (χ1n) is 27.3. The molecule has 1 N–H and O–H groups in total. The molecule has 9 aromatic rings. The fourth-order valence-electron chi connectivity index (χ4n) is 11.4. The van der Waals surface area contributed by atoms with Crippen molar-refractivity contribution in [2.24, 2.45) is 0 Å². The van der Waals surface area contributed by atoms with Crippen LogP contribution in [-0.2, 0) is 6.42 Å². The van der Waals surface area contributed by atoms with Gasteiger partial charge in [0.1, 0.15) is 11.3 Å². The van der Waals surface area contributed by atoms with Crippen LogP contribution in [0.3, 0.4) is 0 Å². The van der Waals surface area contributed by atoms with Crippen LogP contribution >= 0.6 is 0 Å². The molecule has 8 aromatic carbocycles. The van der Waals surface area contributed by atoms with Crippen LogP contribution in [0.5, 0.6) is 5.75 Å². The van der Waals surface area contributed by atoms with E-state index in [1.165, 1.54) is 92.0 Å². The van der Waals surface area contributed by atoms with Gasteiger partial charge in [0.05, 0.1) is 11.4 Å². The van der Waals surface area contributed by atoms with Gasteiger partial charge in [-0.25, -0.2) is 0 Å². The number of aryl methyl sites for hydroxylation is 4. The molecule has 74 heavy (non-hydrogen) atoms. The molecule has 0 amide bonds. The van der Waals surface area contributed by atoms with Crippen molar-refractivity contribution in [3.8, 4) is 16.9 Å². The second kappa shape index (κ2) is 22.7. The monoisotopic (exact) mass is 973 g/mol. The number of anilines is 6. The molecular weight excluding hydrogens is 901 g/mol. The molecule has 0 bridgehead atoms. The quantitative estimate of drug-likeness (QED) is 0.0729. The number of allylic oxidation sites excluding steroid dienone is 1. The first-order chi connectivity index (χ1) is 36.2. The molecule has 374 valence electrons. The smallest absolute Gasteiger partial charge is 0.159 e. The maximum atomic E-state index is 11.2. The number of phenols is 1. The summed E-state index contributed by atoms with van der Waals surface area (Å²) in [6, 6.07) is 57.5. The zero-order valence-electron chi connectivity index (χ0n) is 44.4. The van der Waals surface area contributed by atoms with Crippen molar-refractivity contribution in [3.63, 3.8) is 0 Å². The highest BCUT2D eigenvalue weighted by Crippen LogP contribution is 2.46. The van der Waals surface area contributed by atoms with Crippen molar-refractivity contribution in [1.82, 2.24) is 0 Å². The number of unbranched alkanes of at least 4 members (excludes halogenated alkanes) is 4. The van der Waals surface area contributed by atoms with Crippen LogP contribution < -0.4 is 9.80 Å². The fraction of sp³-hybridized carbons (Fsp3) is 0.257. The van der Waals surface area contributed by atoms with Crippen molar-refractivity contribution < 1.29 is 9.52 Å². The Labute approximate surface area is 440 Å². The molecular formula is C70H72N2O2. The van der Waals surface area contributed by atoms with Crippen LogP contribution in [0.2, 0.25) is 0 Å². The zero-order chi connectivity index (χ0) is 51.1. The summed E-state index contributed by atoms with van der Waals surface area (Å²) in [6.07, 6.45) is 22.9. The number of benzene rings is 8. The summed E-state index contributed by atoms with van der Waals surface area (Å²) < 4.78 is 6.91. The summed E-state index contributed by atoms with van der Waals surface area (Å²) >= 11 is 0. The SMILES string of the molecule is C/C=C\c1ccc(N(c2ccc(C3CCCCC3)cc2)c2cccc3c2oc2c(C)cccc23)c(/C=C\c2ccc(N(c3ccc(CCCCCCC)cc3)c3cccc(-c4cccc(C)c4O)c3)cc2C)c1C. The number of hydrogen-bond acceptors (Lipinski definition) is 4. The molecule has 0 atom stereocenters. The predicted octanol–water partition coefficient (Wildman–Crippen LogP) is 20.9. The van der Waals surface area contributed by atoms with Gasteiger partial charge < -0.3 is 19.3 Å². The summed E-state index contributed by atoms with van der Waals surface area (Å²) in [4.78, 5) is 4.77. The number of hydrogen-bond donors (Lipinski definition) is 1. The van der Waals surface area contributed by atoms with Gasteiger partial charge in [0.2, 0.25) is 0 Å². The van der Waals surface area contributed by atoms with E-state index < -0.39 is 0 Å². The third kappa shape index (κ3) is 10.5. The highest BCUT2D eigenvalue weighted by molar-refractivity contribution is 6.11. The molecule has 0 radical (unpaired) electrons. The Morgan fingerprint density at radius 3 is 1.97 bits per heavy atom. The summed E-state index contributed by atoms with van der Waals surface area (Å²) in [5.41, 5.74) is 20.7. The number of rotatable bonds is 17. The van der Waals surface area contributed by atoms with Crippen molar-refractivity contribution in [3.05, 3.63) is 214 Å². The maximum absolute atomic E-state index is 11.2. The van der Waals surface area contributed by atoms with Crippen LogP contribution in [0.1, 0.15) is 134 Å². The van der Waals surface area contributed by atoms with E-state index in [-0.39, 0.29) is 0 Å². The molecule has 0 spiro atoms. The van der Waals surface area contributed by atoms with Crippen molar-refractivity contribution in [2.75, 3.05) is 9.80 Å². The van der Waals surface area contributed by atoms with Crippen LogP contribution in [-0.4, -0.2) is 5.11 Å². The molecule has 0 saturated heterocycles. The fourth-order valence-corrected chi connectivity index (χ4v) is 11.4. The minimum Gasteiger partial charge on any atom is -0.507 e. The number of fused-ring (bicyclic) bond motifs is 3. The summed E-state index contributed by atoms with van der Waals surface area (Å²) in [6.45, 7) is 12.9. The van der Waals surface area contributed by atoms with Crippen molar-refractivity contribution in [2.45, 2.75) is 118 Å². The standard InChI is InChI=1S/C70H72N2O2/c1-7-9-10-11-13-23-52-32-39-58(40-33-52)71(60-27-18-26-57(47-60)63-28-16-21-48(3)68(63)73)61-43-34-53(50(5)46-61)37-44-62-51(6)54(20-8-2)38-45-66(62)72(59-41-35-56(36-42-59)55-24-14-12-15-25-55)67-31-19-30-65-64-29-17-22-49(4)69(64)74-70(65)67/h8,16-22,26-47,55,73H,7,9-15,23-25H2,1-6H3/b20-8-,44-37-. The van der Waals surface area contributed by atoms with Crippen LogP contribution in [0.4, 0.5) is 34.1 Å². The van der Waals surface area contributed by atoms with Gasteiger partial charge >= 0.3 is 0 Å². The van der Waals surface area contributed by atoms with Crippen LogP contribution in [0, 0.1) is 27.7 Å². The van der Waals surface area contributed by atoms with E-state index >= 15 is 0 Å². The van der Waals surface area contributed by atoms with Gasteiger partial charge in [0.15, 0.2) is 5.58 Å². The molecule has 1 aliphatic carbocycles. The van der Waals surface area contributed by atoms with Crippen molar-refractivity contribution >= 4 is 74.3 Å². The second-order valence-electron chi connectivity index (χ2n) is 20.7. The molecule has 4 nitrogen and oxygen atoms in total. The van der Waals surface area contributed by atoms with Gasteiger partial charge in [-0.3, -0.25) is 0 Å². The zero-order valence-corrected chi connectivity index (χ0v) is 44.4. The summed E-state index contributed by atoms with van der Waals surface area (Å²) in [7, 11) is 0. The average molecular weight is 973 g/mol. The largest absolute Gasteiger partial charge is 0.507 e. The topological polar surface area (TPSA) is 39.9 Å². The normalized spacial score (nSPS) is 13.2. The predicted molar refractivity (Wildman–Crippen MR) is 318 cm³/mol. The van der Waals surface area contributed by atoms with Gasteiger partial charge in [-0.1, -0.05) is 173 Å². The lowest BCUT2D eigenvalue weighted by atomic mass is 9.84. The molecule has 4 heteroatoms. The number of furan rings is 1. The number of para-hydroxylation sites is 3. The average Bonchev–Trinajstić information content (AvgIpc) is 3.83. The molecule has 1 fully saturated rings. The summed E-state index contributed by atoms with van der Waals surface area (Å²) in [5, 5.41) is 13.4. The van der Waals surface area contributed by atoms with Gasteiger partial charge in [0.25, 0.3) is 0 Å². The number of nitrogens with zero attached hydrogens (tertiary/aromatic N) is 2. The molecule has 1 aromatic heterocycles. The van der Waals surface area contributed by atoms with E-state index in [9.17, 15) is 5.11 Å². The second-order valence-corrected chi connectivity index (χ2v) is 20.7. The lowest BCUT2D eigenvalue weighted by Gasteiger charge is -2.29. The third-order valence-electron chi connectivity index (χ3n) is 15.6. The van der Waals surface area contributed by atoms with Crippen molar-refractivity contribution in [1.29, 1.82) is 0 Å². The minimum absolute atomic E-state index is 0.318. The van der Waals surface area contributed by atoms with Gasteiger partial charge in [0, 0.05) is 44.6 Å². The molecule has 1 heterocycles. The Kier molecular flexibility index (Phi) is 15.3. The van der Waals surface area contributed by atoms with E-state index in [1.807, 2.05) is 25.1 Å².